The van der Waals surface area contributed by atoms with Gasteiger partial charge in [-0.2, -0.15) is 0 Å². The van der Waals surface area contributed by atoms with Gasteiger partial charge in [-0.25, -0.2) is 0 Å². The van der Waals surface area contributed by atoms with Crippen LogP contribution in [-0.4, -0.2) is 5.11 Å². The molecule has 0 atom stereocenters. The van der Waals surface area contributed by atoms with E-state index in [0.29, 0.717) is 5.75 Å². The maximum absolute atomic E-state index is 8.76. The molecule has 45 valence electrons. The summed E-state index contributed by atoms with van der Waals surface area (Å²) in [4.78, 5) is 0. The molecule has 0 heterocycles. The molecule has 9 heavy (non-hydrogen) atoms. The maximum Gasteiger partial charge on any atom is 0.115 e. The van der Waals surface area contributed by atoms with Crippen molar-refractivity contribution in [1.29, 1.82) is 0 Å². The minimum absolute atomic E-state index is 0. The molecule has 1 aromatic rings. The molecule has 0 fully saturated rings. The maximum atomic E-state index is 8.76. The third-order valence-electron chi connectivity index (χ3n) is 1.03. The van der Waals surface area contributed by atoms with E-state index in [1.54, 1.807) is 12.1 Å². The van der Waals surface area contributed by atoms with Crippen LogP contribution in [0.1, 0.15) is 5.56 Å². The van der Waals surface area contributed by atoms with E-state index in [0.717, 1.165) is 0 Å². The third-order valence-corrected chi connectivity index (χ3v) is 1.03. The third kappa shape index (κ3) is 2.80. The predicted molar refractivity (Wildman–Crippen MR) is 32.8 cm³/mol. The molecule has 1 nitrogen and oxygen atoms in total. The van der Waals surface area contributed by atoms with Gasteiger partial charge in [-0.1, -0.05) is 17.7 Å². The molecule has 2 heteroatoms. The Labute approximate surface area is 73.5 Å². The number of phenolic OH excluding ortho intramolecular Hbond substituents is 1. The average Bonchev–Trinajstić information content (AvgIpc) is 1.77. The van der Waals surface area contributed by atoms with Gasteiger partial charge in [-0.15, -0.1) is 0 Å². The molecule has 0 amide bonds. The predicted octanol–water partition coefficient (Wildman–Crippen LogP) is 1.70. The van der Waals surface area contributed by atoms with E-state index in [2.05, 4.69) is 0 Å². The van der Waals surface area contributed by atoms with Gasteiger partial charge in [0.15, 0.2) is 0 Å². The summed E-state index contributed by atoms with van der Waals surface area (Å²) in [6.45, 7) is 1.99. The molecule has 1 radical (unpaired) electrons. The average molecular weight is 153 g/mol. The number of benzene rings is 1. The van der Waals surface area contributed by atoms with Crippen LogP contribution in [0.5, 0.6) is 5.75 Å². The van der Waals surface area contributed by atoms with Crippen molar-refractivity contribution in [2.24, 2.45) is 0 Å². The summed E-state index contributed by atoms with van der Waals surface area (Å²) in [6.07, 6.45) is 0. The Kier molecular flexibility index (Phi) is 3.78. The van der Waals surface area contributed by atoms with Crippen molar-refractivity contribution in [3.63, 3.8) is 0 Å². The Bertz CT molecular complexity index is 148. The number of aromatic hydroxyl groups is 1. The molecule has 0 aromatic heterocycles. The molecule has 0 aliphatic carbocycles. The summed E-state index contributed by atoms with van der Waals surface area (Å²) in [5.41, 5.74) is 1.17. The zero-order chi connectivity index (χ0) is 5.98. The summed E-state index contributed by atoms with van der Waals surface area (Å²) >= 11 is 0. The number of rotatable bonds is 0. The van der Waals surface area contributed by atoms with Crippen LogP contribution in [0.4, 0.5) is 0 Å². The van der Waals surface area contributed by atoms with Crippen molar-refractivity contribution >= 4 is 0 Å². The van der Waals surface area contributed by atoms with Crippen molar-refractivity contribution < 1.29 is 30.9 Å². The van der Waals surface area contributed by atoms with E-state index in [1.165, 1.54) is 5.56 Å². The first-order valence-corrected chi connectivity index (χ1v) is 2.54. The van der Waals surface area contributed by atoms with Crippen molar-refractivity contribution in [2.75, 3.05) is 0 Å². The molecule has 0 aliphatic heterocycles. The first-order valence-electron chi connectivity index (χ1n) is 2.54. The van der Waals surface area contributed by atoms with E-state index in [4.69, 9.17) is 5.11 Å². The molecule has 0 bridgehead atoms. The van der Waals surface area contributed by atoms with Gasteiger partial charge < -0.3 is 5.11 Å². The van der Waals surface area contributed by atoms with Crippen LogP contribution < -0.4 is 0 Å². The molecular formula is C7H8OSc. The van der Waals surface area contributed by atoms with Crippen molar-refractivity contribution in [3.05, 3.63) is 29.8 Å². The van der Waals surface area contributed by atoms with Gasteiger partial charge in [0, 0.05) is 25.8 Å². The number of hydrogen-bond acceptors (Lipinski definition) is 1. The second-order valence-corrected chi connectivity index (χ2v) is 1.84. The normalized spacial score (nSPS) is 8.11. The van der Waals surface area contributed by atoms with Crippen molar-refractivity contribution in [2.45, 2.75) is 6.92 Å². The molecule has 0 aliphatic rings. The van der Waals surface area contributed by atoms with Gasteiger partial charge in [0.05, 0.1) is 0 Å². The Morgan fingerprint density at radius 3 is 1.89 bits per heavy atom. The zero-order valence-electron chi connectivity index (χ0n) is 5.33. The molecule has 1 aromatic carbocycles. The van der Waals surface area contributed by atoms with E-state index >= 15 is 0 Å². The minimum atomic E-state index is 0. The summed E-state index contributed by atoms with van der Waals surface area (Å²) in [5, 5.41) is 8.76. The van der Waals surface area contributed by atoms with Crippen LogP contribution in [0.2, 0.25) is 0 Å². The van der Waals surface area contributed by atoms with E-state index in [-0.39, 0.29) is 25.8 Å². The monoisotopic (exact) mass is 153 g/mol. The van der Waals surface area contributed by atoms with Crippen molar-refractivity contribution in [3.8, 4) is 5.75 Å². The molecule has 1 rings (SSSR count). The first kappa shape index (κ1) is 8.89. The summed E-state index contributed by atoms with van der Waals surface area (Å²) < 4.78 is 0. The standard InChI is InChI=1S/C7H8O.Sc/c1-6-2-4-7(8)5-3-6;/h2-5,8H,1H3;. The van der Waals surface area contributed by atoms with Gasteiger partial charge in [-0.05, 0) is 19.1 Å². The van der Waals surface area contributed by atoms with Crippen molar-refractivity contribution in [1.82, 2.24) is 0 Å². The van der Waals surface area contributed by atoms with Gasteiger partial charge >= 0.3 is 0 Å². The fraction of sp³-hybridized carbons (Fsp3) is 0.143. The van der Waals surface area contributed by atoms with Crippen LogP contribution in [0.25, 0.3) is 0 Å². The molecular weight excluding hydrogens is 145 g/mol. The molecule has 0 saturated heterocycles. The van der Waals surface area contributed by atoms with Crippen LogP contribution in [0.15, 0.2) is 24.3 Å². The topological polar surface area (TPSA) is 20.2 Å². The Balaban J connectivity index is 0.000000640. The summed E-state index contributed by atoms with van der Waals surface area (Å²) in [7, 11) is 0. The van der Waals surface area contributed by atoms with Crippen LogP contribution in [0, 0.1) is 6.92 Å². The molecule has 1 N–H and O–H groups in total. The minimum Gasteiger partial charge on any atom is -0.508 e. The second-order valence-electron chi connectivity index (χ2n) is 1.84. The van der Waals surface area contributed by atoms with E-state index in [1.807, 2.05) is 19.1 Å². The van der Waals surface area contributed by atoms with E-state index < -0.39 is 0 Å². The Morgan fingerprint density at radius 2 is 1.56 bits per heavy atom. The van der Waals surface area contributed by atoms with Crippen LogP contribution in [-0.2, 0) is 25.8 Å². The Morgan fingerprint density at radius 1 is 1.11 bits per heavy atom. The zero-order valence-corrected chi connectivity index (χ0v) is 7.14. The summed E-state index contributed by atoms with van der Waals surface area (Å²) in [6, 6.07) is 7.09. The van der Waals surface area contributed by atoms with Crippen LogP contribution in [0.3, 0.4) is 0 Å². The molecule has 0 spiro atoms. The SMILES string of the molecule is Cc1ccc(O)cc1.[Sc]. The van der Waals surface area contributed by atoms with Gasteiger partial charge in [0.2, 0.25) is 0 Å². The Hall–Kier alpha value is -0.110. The van der Waals surface area contributed by atoms with Gasteiger partial charge in [0.1, 0.15) is 5.75 Å². The molecule has 0 unspecified atom stereocenters. The van der Waals surface area contributed by atoms with Gasteiger partial charge in [0.25, 0.3) is 0 Å². The van der Waals surface area contributed by atoms with Gasteiger partial charge in [-0.3, -0.25) is 0 Å². The first-order chi connectivity index (χ1) is 3.79. The smallest absolute Gasteiger partial charge is 0.115 e. The number of hydrogen-bond donors (Lipinski definition) is 1. The summed E-state index contributed by atoms with van der Waals surface area (Å²) in [5.74, 6) is 0.329. The number of phenols is 1. The molecule has 0 saturated carbocycles. The van der Waals surface area contributed by atoms with Crippen LogP contribution >= 0.6 is 0 Å². The number of aryl methyl sites for hydroxylation is 1. The fourth-order valence-electron chi connectivity index (χ4n) is 0.545. The second kappa shape index (κ2) is 3.83. The largest absolute Gasteiger partial charge is 0.508 e. The quantitative estimate of drug-likeness (QED) is 0.601. The van der Waals surface area contributed by atoms with E-state index in [9.17, 15) is 0 Å². The fourth-order valence-corrected chi connectivity index (χ4v) is 0.545.